The number of carboxylic acids is 1. The normalized spacial score (nSPS) is 12.1. The van der Waals surface area contributed by atoms with Crippen LogP contribution in [0.5, 0.6) is 0 Å². The maximum Gasteiger partial charge on any atom is 0.326 e. The van der Waals surface area contributed by atoms with Gasteiger partial charge in [0, 0.05) is 22.2 Å². The van der Waals surface area contributed by atoms with Crippen LogP contribution in [0.15, 0.2) is 30.9 Å². The summed E-state index contributed by atoms with van der Waals surface area (Å²) in [6.45, 7) is 7.45. The van der Waals surface area contributed by atoms with Gasteiger partial charge in [0.25, 0.3) is 5.91 Å². The second-order valence-corrected chi connectivity index (χ2v) is 5.02. The van der Waals surface area contributed by atoms with Crippen molar-refractivity contribution in [1.29, 1.82) is 0 Å². The average Bonchev–Trinajstić information content (AvgIpc) is 2.73. The van der Waals surface area contributed by atoms with Crippen LogP contribution in [0.4, 0.5) is 0 Å². The van der Waals surface area contributed by atoms with Crippen molar-refractivity contribution in [2.75, 3.05) is 0 Å². The molecule has 0 aliphatic rings. The molecular formula is C16H18N2O3. The largest absolute Gasteiger partial charge is 0.480 e. The molecule has 5 heteroatoms. The molecule has 0 saturated heterocycles. The predicted molar refractivity (Wildman–Crippen MR) is 81.5 cm³/mol. The number of fused-ring (bicyclic) bond motifs is 1. The highest BCUT2D eigenvalue weighted by Gasteiger charge is 2.19. The van der Waals surface area contributed by atoms with E-state index in [1.807, 2.05) is 19.9 Å². The third-order valence-corrected chi connectivity index (χ3v) is 3.58. The average molecular weight is 286 g/mol. The standard InChI is InChI=1S/C16H18N2O3/c1-4-5-14(16(20)21)18-15(19)11-6-7-13-12(8-11)9(2)10(3)17-13/h4,6-8,14,17H,1,5H2,2-3H3,(H,18,19)(H,20,21). The summed E-state index contributed by atoms with van der Waals surface area (Å²) >= 11 is 0. The highest BCUT2D eigenvalue weighted by atomic mass is 16.4. The van der Waals surface area contributed by atoms with E-state index in [-0.39, 0.29) is 6.42 Å². The molecule has 1 aromatic carbocycles. The first-order valence-electron chi connectivity index (χ1n) is 6.67. The molecule has 110 valence electrons. The Morgan fingerprint density at radius 2 is 2.14 bits per heavy atom. The number of aromatic amines is 1. The maximum atomic E-state index is 12.2. The second kappa shape index (κ2) is 5.83. The van der Waals surface area contributed by atoms with E-state index in [4.69, 9.17) is 5.11 Å². The van der Waals surface area contributed by atoms with Crippen LogP contribution in [0.3, 0.4) is 0 Å². The van der Waals surface area contributed by atoms with Gasteiger partial charge in [-0.3, -0.25) is 4.79 Å². The van der Waals surface area contributed by atoms with Crippen LogP contribution >= 0.6 is 0 Å². The van der Waals surface area contributed by atoms with Crippen molar-refractivity contribution in [3.05, 3.63) is 47.7 Å². The maximum absolute atomic E-state index is 12.2. The van der Waals surface area contributed by atoms with Crippen LogP contribution in [0.25, 0.3) is 10.9 Å². The summed E-state index contributed by atoms with van der Waals surface area (Å²) in [5, 5.41) is 12.5. The molecule has 0 radical (unpaired) electrons. The van der Waals surface area contributed by atoms with E-state index in [9.17, 15) is 9.59 Å². The third kappa shape index (κ3) is 2.97. The van der Waals surface area contributed by atoms with Crippen molar-refractivity contribution in [3.63, 3.8) is 0 Å². The third-order valence-electron chi connectivity index (χ3n) is 3.58. The van der Waals surface area contributed by atoms with Crippen molar-refractivity contribution in [2.24, 2.45) is 0 Å². The summed E-state index contributed by atoms with van der Waals surface area (Å²) in [5.41, 5.74) is 3.54. The van der Waals surface area contributed by atoms with Crippen molar-refractivity contribution < 1.29 is 14.7 Å². The van der Waals surface area contributed by atoms with E-state index in [0.29, 0.717) is 5.56 Å². The van der Waals surface area contributed by atoms with Crippen LogP contribution in [0.2, 0.25) is 0 Å². The molecule has 0 saturated carbocycles. The van der Waals surface area contributed by atoms with Crippen LogP contribution in [-0.2, 0) is 4.79 Å². The Labute approximate surface area is 122 Å². The lowest BCUT2D eigenvalue weighted by Gasteiger charge is -2.12. The fourth-order valence-corrected chi connectivity index (χ4v) is 2.23. The molecule has 1 amide bonds. The van der Waals surface area contributed by atoms with Gasteiger partial charge in [-0.25, -0.2) is 4.79 Å². The minimum Gasteiger partial charge on any atom is -0.480 e. The topological polar surface area (TPSA) is 82.2 Å². The molecule has 0 aliphatic carbocycles. The number of hydrogen-bond donors (Lipinski definition) is 3. The molecule has 0 spiro atoms. The number of carboxylic acid groups (broad SMARTS) is 1. The van der Waals surface area contributed by atoms with Crippen LogP contribution in [-0.4, -0.2) is 28.0 Å². The number of rotatable bonds is 5. The number of benzene rings is 1. The molecule has 1 unspecified atom stereocenters. The van der Waals surface area contributed by atoms with Crippen LogP contribution < -0.4 is 5.32 Å². The molecule has 5 nitrogen and oxygen atoms in total. The van der Waals surface area contributed by atoms with Gasteiger partial charge >= 0.3 is 5.97 Å². The summed E-state index contributed by atoms with van der Waals surface area (Å²) in [6.07, 6.45) is 1.66. The van der Waals surface area contributed by atoms with E-state index in [1.165, 1.54) is 6.08 Å². The van der Waals surface area contributed by atoms with Crippen molar-refractivity contribution in [2.45, 2.75) is 26.3 Å². The summed E-state index contributed by atoms with van der Waals surface area (Å²) in [7, 11) is 0. The number of hydrogen-bond acceptors (Lipinski definition) is 2. The van der Waals surface area contributed by atoms with Crippen LogP contribution in [0.1, 0.15) is 28.0 Å². The highest BCUT2D eigenvalue weighted by molar-refractivity contribution is 6.00. The summed E-state index contributed by atoms with van der Waals surface area (Å²) in [5.74, 6) is -1.47. The minimum atomic E-state index is -1.07. The van der Waals surface area contributed by atoms with Gasteiger partial charge in [0.1, 0.15) is 6.04 Å². The number of carbonyl (C=O) groups excluding carboxylic acids is 1. The number of aromatic nitrogens is 1. The molecule has 2 aromatic rings. The van der Waals surface area contributed by atoms with E-state index >= 15 is 0 Å². The van der Waals surface area contributed by atoms with Gasteiger partial charge in [0.05, 0.1) is 0 Å². The molecule has 2 rings (SSSR count). The van der Waals surface area contributed by atoms with E-state index < -0.39 is 17.9 Å². The Kier molecular flexibility index (Phi) is 4.12. The van der Waals surface area contributed by atoms with Gasteiger partial charge in [0.15, 0.2) is 0 Å². The van der Waals surface area contributed by atoms with Gasteiger partial charge in [-0.2, -0.15) is 0 Å². The number of nitrogens with one attached hydrogen (secondary N) is 2. The molecule has 1 heterocycles. The molecule has 1 atom stereocenters. The SMILES string of the molecule is C=CCC(NC(=O)c1ccc2[nH]c(C)c(C)c2c1)C(=O)O. The first-order chi connectivity index (χ1) is 9.93. The smallest absolute Gasteiger partial charge is 0.326 e. The fraction of sp³-hybridized carbons (Fsp3) is 0.250. The first kappa shape index (κ1) is 14.8. The number of aliphatic carboxylic acids is 1. The van der Waals surface area contributed by atoms with Gasteiger partial charge in [-0.1, -0.05) is 6.08 Å². The fourth-order valence-electron chi connectivity index (χ4n) is 2.23. The molecule has 0 fully saturated rings. The zero-order valence-electron chi connectivity index (χ0n) is 12.1. The van der Waals surface area contributed by atoms with E-state index in [0.717, 1.165) is 22.2 Å². The summed E-state index contributed by atoms with van der Waals surface area (Å²) in [4.78, 5) is 26.5. The Morgan fingerprint density at radius 1 is 1.43 bits per heavy atom. The molecule has 21 heavy (non-hydrogen) atoms. The van der Waals surface area contributed by atoms with E-state index in [1.54, 1.807) is 12.1 Å². The number of amides is 1. The lowest BCUT2D eigenvalue weighted by Crippen LogP contribution is -2.40. The lowest BCUT2D eigenvalue weighted by molar-refractivity contribution is -0.139. The second-order valence-electron chi connectivity index (χ2n) is 5.02. The van der Waals surface area contributed by atoms with E-state index in [2.05, 4.69) is 16.9 Å². The van der Waals surface area contributed by atoms with Crippen molar-refractivity contribution >= 4 is 22.8 Å². The van der Waals surface area contributed by atoms with Gasteiger partial charge < -0.3 is 15.4 Å². The zero-order valence-corrected chi connectivity index (χ0v) is 12.1. The first-order valence-corrected chi connectivity index (χ1v) is 6.67. The zero-order chi connectivity index (χ0) is 15.6. The van der Waals surface area contributed by atoms with Gasteiger partial charge in [-0.05, 0) is 44.0 Å². The summed E-state index contributed by atoms with van der Waals surface area (Å²) < 4.78 is 0. The molecule has 1 aromatic heterocycles. The Balaban J connectivity index is 2.28. The molecule has 3 N–H and O–H groups in total. The molecule has 0 bridgehead atoms. The predicted octanol–water partition coefficient (Wildman–Crippen LogP) is 2.54. The number of aryl methyl sites for hydroxylation is 2. The molecular weight excluding hydrogens is 268 g/mol. The minimum absolute atomic E-state index is 0.186. The Morgan fingerprint density at radius 3 is 2.76 bits per heavy atom. The monoisotopic (exact) mass is 286 g/mol. The highest BCUT2D eigenvalue weighted by Crippen LogP contribution is 2.22. The Hall–Kier alpha value is -2.56. The Bertz CT molecular complexity index is 716. The van der Waals surface area contributed by atoms with Crippen molar-refractivity contribution in [1.82, 2.24) is 10.3 Å². The lowest BCUT2D eigenvalue weighted by atomic mass is 10.1. The number of H-pyrrole nitrogens is 1. The number of carbonyl (C=O) groups is 2. The quantitative estimate of drug-likeness (QED) is 0.739. The van der Waals surface area contributed by atoms with Crippen molar-refractivity contribution in [3.8, 4) is 0 Å². The van der Waals surface area contributed by atoms with Gasteiger partial charge in [-0.15, -0.1) is 6.58 Å². The summed E-state index contributed by atoms with van der Waals surface area (Å²) in [6, 6.07) is 4.32. The van der Waals surface area contributed by atoms with Gasteiger partial charge in [0.2, 0.25) is 0 Å². The molecule has 0 aliphatic heterocycles. The van der Waals surface area contributed by atoms with Crippen LogP contribution in [0, 0.1) is 13.8 Å².